The number of hydrogen-bond donors (Lipinski definition) is 1. The fraction of sp³-hybridized carbons (Fsp3) is 0.625. The molecular weight excluding hydrogens is 266 g/mol. The zero-order valence-electron chi connectivity index (χ0n) is 12.3. The van der Waals surface area contributed by atoms with Gasteiger partial charge in [0.05, 0.1) is 4.92 Å². The number of non-ortho nitro benzene ring substituents is 1. The number of likely N-dealkylation sites (tertiary alicyclic amines) is 1. The molecule has 0 amide bonds. The molecule has 0 aliphatic carbocycles. The fourth-order valence-electron chi connectivity index (χ4n) is 3.71. The van der Waals surface area contributed by atoms with E-state index >= 15 is 0 Å². The third kappa shape index (κ3) is 3.24. The van der Waals surface area contributed by atoms with Crippen LogP contribution in [0.4, 0.5) is 5.69 Å². The molecule has 0 bridgehead atoms. The predicted octanol–water partition coefficient (Wildman–Crippen LogP) is 2.87. The molecule has 0 spiro atoms. The Labute approximate surface area is 125 Å². The first-order chi connectivity index (χ1) is 10.3. The van der Waals surface area contributed by atoms with Crippen LogP contribution in [-0.4, -0.2) is 35.5 Å². The smallest absolute Gasteiger partial charge is 0.269 e. The van der Waals surface area contributed by atoms with Crippen LogP contribution in [0.1, 0.15) is 43.7 Å². The lowest BCUT2D eigenvalue weighted by atomic mass is 9.91. The molecule has 1 aromatic carbocycles. The third-order valence-electron chi connectivity index (χ3n) is 4.81. The minimum Gasteiger partial charge on any atom is -0.317 e. The maximum absolute atomic E-state index is 10.8. The van der Waals surface area contributed by atoms with Crippen LogP contribution in [0, 0.1) is 10.1 Å². The highest BCUT2D eigenvalue weighted by Crippen LogP contribution is 2.35. The van der Waals surface area contributed by atoms with Crippen LogP contribution < -0.4 is 5.32 Å². The molecule has 5 nitrogen and oxygen atoms in total. The van der Waals surface area contributed by atoms with E-state index in [0.717, 1.165) is 19.6 Å². The Kier molecular flexibility index (Phi) is 4.51. The normalized spacial score (nSPS) is 24.9. The Balaban J connectivity index is 1.78. The lowest BCUT2D eigenvalue weighted by Crippen LogP contribution is -2.46. The largest absolute Gasteiger partial charge is 0.317 e. The van der Waals surface area contributed by atoms with Gasteiger partial charge in [-0.1, -0.05) is 18.6 Å². The summed E-state index contributed by atoms with van der Waals surface area (Å²) < 4.78 is 0. The van der Waals surface area contributed by atoms with E-state index in [0.29, 0.717) is 12.1 Å². The van der Waals surface area contributed by atoms with Gasteiger partial charge in [0, 0.05) is 24.2 Å². The summed E-state index contributed by atoms with van der Waals surface area (Å²) >= 11 is 0. The van der Waals surface area contributed by atoms with Crippen LogP contribution in [0.3, 0.4) is 0 Å². The molecule has 2 aliphatic heterocycles. The lowest BCUT2D eigenvalue weighted by molar-refractivity contribution is -0.384. The molecule has 0 aromatic heterocycles. The molecule has 2 fully saturated rings. The van der Waals surface area contributed by atoms with Gasteiger partial charge in [-0.3, -0.25) is 15.0 Å². The van der Waals surface area contributed by atoms with Crippen molar-refractivity contribution < 1.29 is 4.92 Å². The third-order valence-corrected chi connectivity index (χ3v) is 4.81. The second-order valence-corrected chi connectivity index (χ2v) is 6.08. The van der Waals surface area contributed by atoms with E-state index in [1.807, 2.05) is 12.1 Å². The van der Waals surface area contributed by atoms with Gasteiger partial charge in [0.2, 0.25) is 0 Å². The molecular formula is C16H23N3O2. The van der Waals surface area contributed by atoms with Crippen molar-refractivity contribution in [3.05, 3.63) is 39.9 Å². The van der Waals surface area contributed by atoms with Gasteiger partial charge in [-0.15, -0.1) is 0 Å². The van der Waals surface area contributed by atoms with Crippen LogP contribution in [0.2, 0.25) is 0 Å². The van der Waals surface area contributed by atoms with Crippen molar-refractivity contribution >= 4 is 5.69 Å². The minimum atomic E-state index is -0.324. The van der Waals surface area contributed by atoms with Crippen molar-refractivity contribution in [2.45, 2.75) is 44.2 Å². The Hall–Kier alpha value is -1.46. The molecule has 21 heavy (non-hydrogen) atoms. The first-order valence-electron chi connectivity index (χ1n) is 7.96. The van der Waals surface area contributed by atoms with Crippen LogP contribution in [-0.2, 0) is 0 Å². The predicted molar refractivity (Wildman–Crippen MR) is 82.3 cm³/mol. The standard InChI is InChI=1S/C16H23N3O2/c20-19(21)15-6-4-13(5-7-15)16-3-1-2-12-18(16)14-8-10-17-11-9-14/h4-7,14,16-17H,1-3,8-12H2. The summed E-state index contributed by atoms with van der Waals surface area (Å²) in [6.45, 7) is 3.37. The average molecular weight is 289 g/mol. The summed E-state index contributed by atoms with van der Waals surface area (Å²) in [7, 11) is 0. The number of benzene rings is 1. The Morgan fingerprint density at radius 1 is 1.10 bits per heavy atom. The second kappa shape index (κ2) is 6.54. The molecule has 1 unspecified atom stereocenters. The number of nitrogens with zero attached hydrogens (tertiary/aromatic N) is 2. The van der Waals surface area contributed by atoms with E-state index in [-0.39, 0.29) is 10.6 Å². The van der Waals surface area contributed by atoms with Crippen molar-refractivity contribution in [3.8, 4) is 0 Å². The first-order valence-corrected chi connectivity index (χ1v) is 7.96. The van der Waals surface area contributed by atoms with E-state index in [4.69, 9.17) is 0 Å². The summed E-state index contributed by atoms with van der Waals surface area (Å²) in [6, 6.07) is 8.27. The van der Waals surface area contributed by atoms with E-state index in [1.54, 1.807) is 12.1 Å². The van der Waals surface area contributed by atoms with Crippen LogP contribution in [0.15, 0.2) is 24.3 Å². The second-order valence-electron chi connectivity index (χ2n) is 6.08. The highest BCUT2D eigenvalue weighted by Gasteiger charge is 2.30. The Morgan fingerprint density at radius 2 is 1.81 bits per heavy atom. The van der Waals surface area contributed by atoms with Crippen LogP contribution in [0.5, 0.6) is 0 Å². The molecule has 1 N–H and O–H groups in total. The van der Waals surface area contributed by atoms with Gasteiger partial charge in [-0.25, -0.2) is 0 Å². The Bertz CT molecular complexity index is 483. The van der Waals surface area contributed by atoms with Crippen molar-refractivity contribution in [1.29, 1.82) is 0 Å². The molecule has 2 aliphatic rings. The number of piperidine rings is 2. The van der Waals surface area contributed by atoms with Crippen molar-refractivity contribution in [2.24, 2.45) is 0 Å². The van der Waals surface area contributed by atoms with Gasteiger partial charge in [0.25, 0.3) is 5.69 Å². The fourth-order valence-corrected chi connectivity index (χ4v) is 3.71. The summed E-state index contributed by atoms with van der Waals surface area (Å²) in [5.74, 6) is 0. The highest BCUT2D eigenvalue weighted by molar-refractivity contribution is 5.34. The van der Waals surface area contributed by atoms with E-state index in [1.165, 1.54) is 37.7 Å². The number of nitro groups is 1. The maximum Gasteiger partial charge on any atom is 0.269 e. The molecule has 1 atom stereocenters. The monoisotopic (exact) mass is 289 g/mol. The Morgan fingerprint density at radius 3 is 2.48 bits per heavy atom. The number of rotatable bonds is 3. The molecule has 0 radical (unpaired) electrons. The maximum atomic E-state index is 10.8. The van der Waals surface area contributed by atoms with Gasteiger partial charge in [-0.2, -0.15) is 0 Å². The first kappa shape index (κ1) is 14.5. The highest BCUT2D eigenvalue weighted by atomic mass is 16.6. The molecule has 2 heterocycles. The molecule has 5 heteroatoms. The quantitative estimate of drug-likeness (QED) is 0.686. The van der Waals surface area contributed by atoms with E-state index in [9.17, 15) is 10.1 Å². The van der Waals surface area contributed by atoms with Crippen LogP contribution >= 0.6 is 0 Å². The summed E-state index contributed by atoms with van der Waals surface area (Å²) in [6.07, 6.45) is 6.12. The van der Waals surface area contributed by atoms with Crippen molar-refractivity contribution in [3.63, 3.8) is 0 Å². The van der Waals surface area contributed by atoms with Crippen molar-refractivity contribution in [1.82, 2.24) is 10.2 Å². The van der Waals surface area contributed by atoms with Gasteiger partial charge in [-0.05, 0) is 50.9 Å². The van der Waals surface area contributed by atoms with E-state index < -0.39 is 0 Å². The molecule has 0 saturated carbocycles. The summed E-state index contributed by atoms with van der Waals surface area (Å²) in [4.78, 5) is 13.1. The van der Waals surface area contributed by atoms with Gasteiger partial charge < -0.3 is 5.32 Å². The SMILES string of the molecule is O=[N+]([O-])c1ccc(C2CCCCN2C2CCNCC2)cc1. The van der Waals surface area contributed by atoms with E-state index in [2.05, 4.69) is 10.2 Å². The zero-order chi connectivity index (χ0) is 14.7. The summed E-state index contributed by atoms with van der Waals surface area (Å²) in [5, 5.41) is 14.2. The lowest BCUT2D eigenvalue weighted by Gasteiger charge is -2.43. The molecule has 1 aromatic rings. The minimum absolute atomic E-state index is 0.183. The zero-order valence-corrected chi connectivity index (χ0v) is 12.3. The van der Waals surface area contributed by atoms with Crippen molar-refractivity contribution in [2.75, 3.05) is 19.6 Å². The van der Waals surface area contributed by atoms with Gasteiger partial charge in [0.15, 0.2) is 0 Å². The average Bonchev–Trinajstić information content (AvgIpc) is 2.56. The number of hydrogen-bond acceptors (Lipinski definition) is 4. The molecule has 2 saturated heterocycles. The molecule has 3 rings (SSSR count). The summed E-state index contributed by atoms with van der Waals surface area (Å²) in [5.41, 5.74) is 1.42. The topological polar surface area (TPSA) is 58.4 Å². The number of nitro benzene ring substituents is 1. The van der Waals surface area contributed by atoms with Gasteiger partial charge in [0.1, 0.15) is 0 Å². The van der Waals surface area contributed by atoms with Crippen LogP contribution in [0.25, 0.3) is 0 Å². The van der Waals surface area contributed by atoms with Gasteiger partial charge >= 0.3 is 0 Å². The molecule has 114 valence electrons. The number of nitrogens with one attached hydrogen (secondary N) is 1.